The fraction of sp³-hybridized carbons (Fsp3) is 0.533. The molecule has 4 nitrogen and oxygen atoms in total. The number of rotatable bonds is 3. The van der Waals surface area contributed by atoms with Gasteiger partial charge < -0.3 is 15.4 Å². The number of halogens is 1. The average molecular weight is 295 g/mol. The summed E-state index contributed by atoms with van der Waals surface area (Å²) in [6.45, 7) is 3.45. The number of carbonyl (C=O) groups excluding carboxylic acids is 1. The van der Waals surface area contributed by atoms with Crippen molar-refractivity contribution in [3.63, 3.8) is 0 Å². The van der Waals surface area contributed by atoms with Crippen molar-refractivity contribution in [1.82, 2.24) is 10.6 Å². The van der Waals surface area contributed by atoms with Gasteiger partial charge in [0, 0.05) is 24.7 Å². The average Bonchev–Trinajstić information content (AvgIpc) is 2.91. The summed E-state index contributed by atoms with van der Waals surface area (Å²) in [5.41, 5.74) is 0.670. The lowest BCUT2D eigenvalue weighted by Gasteiger charge is -2.36. The van der Waals surface area contributed by atoms with Crippen molar-refractivity contribution in [3.8, 4) is 0 Å². The second kappa shape index (κ2) is 5.72. The molecule has 2 aliphatic rings. The van der Waals surface area contributed by atoms with Gasteiger partial charge in [0.1, 0.15) is 0 Å². The first-order valence-corrected chi connectivity index (χ1v) is 7.40. The summed E-state index contributed by atoms with van der Waals surface area (Å²) >= 11 is 5.86. The van der Waals surface area contributed by atoms with Crippen LogP contribution in [0.15, 0.2) is 24.3 Å². The molecular formula is C15H19ClN2O2. The molecule has 1 aromatic carbocycles. The number of carbonyl (C=O) groups is 1. The summed E-state index contributed by atoms with van der Waals surface area (Å²) in [5, 5.41) is 7.09. The van der Waals surface area contributed by atoms with E-state index in [9.17, 15) is 4.79 Å². The van der Waals surface area contributed by atoms with Crippen molar-refractivity contribution in [2.45, 2.75) is 13.0 Å². The van der Waals surface area contributed by atoms with Crippen molar-refractivity contribution in [2.24, 2.45) is 11.3 Å². The molecule has 0 aromatic heterocycles. The summed E-state index contributed by atoms with van der Waals surface area (Å²) in [6.07, 6.45) is 0.960. The molecule has 3 rings (SSSR count). The predicted molar refractivity (Wildman–Crippen MR) is 77.5 cm³/mol. The number of hydrogen-bond donors (Lipinski definition) is 2. The third kappa shape index (κ3) is 2.55. The summed E-state index contributed by atoms with van der Waals surface area (Å²) in [4.78, 5) is 12.6. The van der Waals surface area contributed by atoms with E-state index in [1.54, 1.807) is 0 Å². The van der Waals surface area contributed by atoms with Crippen molar-refractivity contribution >= 4 is 17.5 Å². The van der Waals surface area contributed by atoms with Crippen LogP contribution in [0, 0.1) is 11.3 Å². The van der Waals surface area contributed by atoms with Crippen LogP contribution in [-0.2, 0) is 16.1 Å². The highest BCUT2D eigenvalue weighted by Gasteiger charge is 2.50. The zero-order chi connectivity index (χ0) is 14.0. The predicted octanol–water partition coefficient (Wildman–Crippen LogP) is 1.58. The second-order valence-corrected chi connectivity index (χ2v) is 6.07. The lowest BCUT2D eigenvalue weighted by Crippen LogP contribution is -2.51. The Hall–Kier alpha value is -1.10. The van der Waals surface area contributed by atoms with Crippen molar-refractivity contribution in [3.05, 3.63) is 34.9 Å². The maximum absolute atomic E-state index is 12.6. The Balaban J connectivity index is 1.65. The van der Waals surface area contributed by atoms with Gasteiger partial charge in [0.05, 0.1) is 12.0 Å². The Morgan fingerprint density at radius 2 is 2.25 bits per heavy atom. The Morgan fingerprint density at radius 1 is 1.45 bits per heavy atom. The zero-order valence-electron chi connectivity index (χ0n) is 11.3. The molecule has 1 aromatic rings. The number of benzene rings is 1. The number of fused-ring (bicyclic) bond motifs is 1. The van der Waals surface area contributed by atoms with E-state index in [2.05, 4.69) is 10.6 Å². The molecule has 0 aliphatic carbocycles. The molecular weight excluding hydrogens is 276 g/mol. The Labute approximate surface area is 123 Å². The number of nitrogens with one attached hydrogen (secondary N) is 2. The van der Waals surface area contributed by atoms with E-state index < -0.39 is 0 Å². The van der Waals surface area contributed by atoms with Crippen LogP contribution in [0.25, 0.3) is 0 Å². The van der Waals surface area contributed by atoms with Crippen LogP contribution in [0.1, 0.15) is 12.0 Å². The number of ether oxygens (including phenoxy) is 1. The molecule has 0 unspecified atom stereocenters. The standard InChI is InChI=1S/C15H19ClN2O2/c16-13-3-1-11(2-4-13)7-18-14(19)15-9-17-8-12(15)5-6-20-10-15/h1-4,12,17H,5-10H2,(H,18,19)/t12-,15+/m1/s1. The highest BCUT2D eigenvalue weighted by molar-refractivity contribution is 6.30. The smallest absolute Gasteiger partial charge is 0.230 e. The van der Waals surface area contributed by atoms with Gasteiger partial charge in [0.2, 0.25) is 5.91 Å². The van der Waals surface area contributed by atoms with E-state index >= 15 is 0 Å². The minimum atomic E-state index is -0.384. The Morgan fingerprint density at radius 3 is 3.05 bits per heavy atom. The van der Waals surface area contributed by atoms with Crippen molar-refractivity contribution < 1.29 is 9.53 Å². The first-order chi connectivity index (χ1) is 9.71. The van der Waals surface area contributed by atoms with Gasteiger partial charge in [-0.15, -0.1) is 0 Å². The molecule has 2 aliphatic heterocycles. The van der Waals surface area contributed by atoms with E-state index in [1.807, 2.05) is 24.3 Å². The van der Waals surface area contributed by atoms with E-state index in [1.165, 1.54) is 0 Å². The van der Waals surface area contributed by atoms with Crippen LogP contribution in [0.2, 0.25) is 5.02 Å². The maximum Gasteiger partial charge on any atom is 0.230 e. The highest BCUT2D eigenvalue weighted by atomic mass is 35.5. The SMILES string of the molecule is O=C(NCc1ccc(Cl)cc1)[C@]12CNC[C@H]1CCOC2. The van der Waals surface area contributed by atoms with Crippen LogP contribution in [0.4, 0.5) is 0 Å². The van der Waals surface area contributed by atoms with Crippen LogP contribution in [0.5, 0.6) is 0 Å². The lowest BCUT2D eigenvalue weighted by molar-refractivity contribution is -0.141. The quantitative estimate of drug-likeness (QED) is 0.890. The summed E-state index contributed by atoms with van der Waals surface area (Å²) < 4.78 is 5.56. The fourth-order valence-corrected chi connectivity index (χ4v) is 3.25. The minimum Gasteiger partial charge on any atom is -0.380 e. The monoisotopic (exact) mass is 294 g/mol. The van der Waals surface area contributed by atoms with Gasteiger partial charge in [-0.2, -0.15) is 0 Å². The molecule has 0 radical (unpaired) electrons. The molecule has 0 saturated carbocycles. The third-order valence-corrected chi connectivity index (χ3v) is 4.65. The van der Waals surface area contributed by atoms with E-state index in [4.69, 9.17) is 16.3 Å². The van der Waals surface area contributed by atoms with Gasteiger partial charge in [-0.3, -0.25) is 4.79 Å². The molecule has 2 heterocycles. The van der Waals surface area contributed by atoms with Crippen molar-refractivity contribution in [1.29, 1.82) is 0 Å². The van der Waals surface area contributed by atoms with Gasteiger partial charge in [-0.25, -0.2) is 0 Å². The Bertz CT molecular complexity index is 491. The first-order valence-electron chi connectivity index (χ1n) is 7.02. The largest absolute Gasteiger partial charge is 0.380 e. The second-order valence-electron chi connectivity index (χ2n) is 5.63. The number of hydrogen-bond acceptors (Lipinski definition) is 3. The van der Waals surface area contributed by atoms with E-state index in [0.29, 0.717) is 30.6 Å². The number of amides is 1. The third-order valence-electron chi connectivity index (χ3n) is 4.40. The summed E-state index contributed by atoms with van der Waals surface area (Å²) in [7, 11) is 0. The van der Waals surface area contributed by atoms with Crippen LogP contribution in [-0.4, -0.2) is 32.2 Å². The van der Waals surface area contributed by atoms with Gasteiger partial charge in [-0.1, -0.05) is 23.7 Å². The fourth-order valence-electron chi connectivity index (χ4n) is 3.13. The molecule has 0 bridgehead atoms. The minimum absolute atomic E-state index is 0.0992. The molecule has 0 spiro atoms. The highest BCUT2D eigenvalue weighted by Crippen LogP contribution is 2.37. The van der Waals surface area contributed by atoms with E-state index in [-0.39, 0.29) is 11.3 Å². The molecule has 2 atom stereocenters. The van der Waals surface area contributed by atoms with E-state index in [0.717, 1.165) is 25.1 Å². The van der Waals surface area contributed by atoms with Gasteiger partial charge in [-0.05, 0) is 36.6 Å². The molecule has 108 valence electrons. The topological polar surface area (TPSA) is 50.4 Å². The van der Waals surface area contributed by atoms with Crippen LogP contribution in [0.3, 0.4) is 0 Å². The lowest BCUT2D eigenvalue weighted by atomic mass is 9.75. The maximum atomic E-state index is 12.6. The molecule has 5 heteroatoms. The Kier molecular flexibility index (Phi) is 3.96. The normalized spacial score (nSPS) is 28.9. The summed E-state index contributed by atoms with van der Waals surface area (Å²) in [6, 6.07) is 7.54. The molecule has 2 N–H and O–H groups in total. The van der Waals surface area contributed by atoms with Crippen LogP contribution < -0.4 is 10.6 Å². The van der Waals surface area contributed by atoms with Crippen molar-refractivity contribution in [2.75, 3.05) is 26.3 Å². The molecule has 1 amide bonds. The molecule has 2 fully saturated rings. The van der Waals surface area contributed by atoms with Gasteiger partial charge in [0.25, 0.3) is 0 Å². The summed E-state index contributed by atoms with van der Waals surface area (Å²) in [5.74, 6) is 0.489. The van der Waals surface area contributed by atoms with Gasteiger partial charge in [0.15, 0.2) is 0 Å². The molecule has 2 saturated heterocycles. The molecule has 20 heavy (non-hydrogen) atoms. The first kappa shape index (κ1) is 13.9. The van der Waals surface area contributed by atoms with Gasteiger partial charge >= 0.3 is 0 Å². The van der Waals surface area contributed by atoms with Crippen LogP contribution >= 0.6 is 11.6 Å². The zero-order valence-corrected chi connectivity index (χ0v) is 12.1.